The third-order valence-electron chi connectivity index (χ3n) is 3.70. The summed E-state index contributed by atoms with van der Waals surface area (Å²) in [4.78, 5) is 4.25. The zero-order valence-corrected chi connectivity index (χ0v) is 14.9. The van der Waals surface area contributed by atoms with E-state index in [1.54, 1.807) is 18.2 Å². The van der Waals surface area contributed by atoms with Crippen LogP contribution < -0.4 is 20.1 Å². The van der Waals surface area contributed by atoms with Crippen LogP contribution in [0.25, 0.3) is 0 Å². The monoisotopic (exact) mass is 391 g/mol. The molecule has 7 nitrogen and oxygen atoms in total. The van der Waals surface area contributed by atoms with Crippen molar-refractivity contribution in [3.63, 3.8) is 0 Å². The number of hydrogen-bond acceptors (Lipinski definition) is 7. The first-order valence-electron chi connectivity index (χ1n) is 8.02. The van der Waals surface area contributed by atoms with Gasteiger partial charge < -0.3 is 20.1 Å². The average Bonchev–Trinajstić information content (AvgIpc) is 2.68. The number of nitrogens with one attached hydrogen (secondary N) is 2. The fourth-order valence-corrected chi connectivity index (χ4v) is 2.34. The van der Waals surface area contributed by atoms with E-state index in [4.69, 9.17) is 9.47 Å². The Morgan fingerprint density at radius 1 is 0.929 bits per heavy atom. The lowest BCUT2D eigenvalue weighted by molar-refractivity contribution is -0.137. The summed E-state index contributed by atoms with van der Waals surface area (Å²) in [5.74, 6) is 1.63. The molecule has 1 aromatic heterocycles. The van der Waals surface area contributed by atoms with Crippen molar-refractivity contribution in [1.82, 2.24) is 15.2 Å². The minimum absolute atomic E-state index is 0.170. The Hall–Kier alpha value is -3.56. The van der Waals surface area contributed by atoms with Crippen LogP contribution in [0.5, 0.6) is 11.5 Å². The van der Waals surface area contributed by atoms with Crippen molar-refractivity contribution in [3.8, 4) is 11.5 Å². The summed E-state index contributed by atoms with van der Waals surface area (Å²) < 4.78 is 48.4. The van der Waals surface area contributed by atoms with E-state index in [0.29, 0.717) is 28.7 Å². The molecular weight excluding hydrogens is 375 g/mol. The predicted octanol–water partition coefficient (Wildman–Crippen LogP) is 4.39. The van der Waals surface area contributed by atoms with E-state index in [9.17, 15) is 13.2 Å². The smallest absolute Gasteiger partial charge is 0.416 e. The SMILES string of the molecule is COc1ccc(OC)c(Nc2nncc(Nc3ccc(C(F)(F)F)cc3)n2)c1. The second kappa shape index (κ2) is 7.99. The second-order valence-corrected chi connectivity index (χ2v) is 5.56. The van der Waals surface area contributed by atoms with E-state index in [0.717, 1.165) is 12.1 Å². The maximum absolute atomic E-state index is 12.6. The Labute approximate surface area is 158 Å². The van der Waals surface area contributed by atoms with Gasteiger partial charge in [-0.2, -0.15) is 23.3 Å². The number of benzene rings is 2. The van der Waals surface area contributed by atoms with Gasteiger partial charge in [0.15, 0.2) is 5.82 Å². The van der Waals surface area contributed by atoms with E-state index < -0.39 is 11.7 Å². The van der Waals surface area contributed by atoms with Crippen LogP contribution in [0.3, 0.4) is 0 Å². The van der Waals surface area contributed by atoms with E-state index in [-0.39, 0.29) is 5.95 Å². The van der Waals surface area contributed by atoms with E-state index in [2.05, 4.69) is 25.8 Å². The van der Waals surface area contributed by atoms with Crippen LogP contribution in [-0.2, 0) is 6.18 Å². The molecule has 0 spiro atoms. The molecule has 0 atom stereocenters. The van der Waals surface area contributed by atoms with Crippen molar-refractivity contribution in [1.29, 1.82) is 0 Å². The first kappa shape index (κ1) is 19.2. The van der Waals surface area contributed by atoms with Crippen molar-refractivity contribution >= 4 is 23.1 Å². The number of hydrogen-bond donors (Lipinski definition) is 2. The molecule has 3 rings (SSSR count). The molecule has 0 unspecified atom stereocenters. The number of anilines is 4. The molecule has 2 N–H and O–H groups in total. The highest BCUT2D eigenvalue weighted by molar-refractivity contribution is 5.65. The minimum atomic E-state index is -4.39. The van der Waals surface area contributed by atoms with E-state index in [1.807, 2.05) is 0 Å². The summed E-state index contributed by atoms with van der Waals surface area (Å²) in [5.41, 5.74) is 0.264. The standard InChI is InChI=1S/C18H16F3N5O2/c1-27-13-7-8-15(28-2)14(9-13)24-17-25-16(10-22-26-17)23-12-5-3-11(4-6-12)18(19,20)21/h3-10H,1-2H3,(H2,23,24,25,26). The van der Waals surface area contributed by atoms with Crippen LogP contribution in [0.15, 0.2) is 48.7 Å². The van der Waals surface area contributed by atoms with E-state index >= 15 is 0 Å². The van der Waals surface area contributed by atoms with Crippen LogP contribution in [0.1, 0.15) is 5.56 Å². The molecule has 2 aromatic carbocycles. The number of methoxy groups -OCH3 is 2. The van der Waals surface area contributed by atoms with Gasteiger partial charge in [0, 0.05) is 11.8 Å². The molecular formula is C18H16F3N5O2. The highest BCUT2D eigenvalue weighted by Gasteiger charge is 2.29. The zero-order chi connectivity index (χ0) is 20.1. The van der Waals surface area contributed by atoms with Gasteiger partial charge in [-0.3, -0.25) is 0 Å². The molecule has 0 aliphatic rings. The maximum Gasteiger partial charge on any atom is 0.416 e. The summed E-state index contributed by atoms with van der Waals surface area (Å²) in [7, 11) is 3.06. The number of nitrogens with zero attached hydrogens (tertiary/aromatic N) is 3. The highest BCUT2D eigenvalue weighted by Crippen LogP contribution is 2.31. The topological polar surface area (TPSA) is 81.2 Å². The molecule has 0 aliphatic carbocycles. The molecule has 3 aromatic rings. The fourth-order valence-electron chi connectivity index (χ4n) is 2.34. The molecule has 0 amide bonds. The highest BCUT2D eigenvalue weighted by atomic mass is 19.4. The van der Waals surface area contributed by atoms with Crippen molar-refractivity contribution < 1.29 is 22.6 Å². The molecule has 1 heterocycles. The molecule has 146 valence electrons. The Balaban J connectivity index is 1.78. The third-order valence-corrected chi connectivity index (χ3v) is 3.70. The Morgan fingerprint density at radius 3 is 2.32 bits per heavy atom. The predicted molar refractivity (Wildman–Crippen MR) is 97.4 cm³/mol. The van der Waals surface area contributed by atoms with E-state index in [1.165, 1.54) is 32.5 Å². The number of alkyl halides is 3. The Bertz CT molecular complexity index is 949. The molecule has 0 radical (unpaired) electrons. The number of aromatic nitrogens is 3. The zero-order valence-electron chi connectivity index (χ0n) is 14.9. The third kappa shape index (κ3) is 4.58. The molecule has 0 fully saturated rings. The molecule has 28 heavy (non-hydrogen) atoms. The van der Waals surface area contributed by atoms with Crippen molar-refractivity contribution in [2.24, 2.45) is 0 Å². The number of rotatable bonds is 6. The molecule has 10 heteroatoms. The van der Waals surface area contributed by atoms with Crippen LogP contribution in [0.2, 0.25) is 0 Å². The maximum atomic E-state index is 12.6. The second-order valence-electron chi connectivity index (χ2n) is 5.56. The van der Waals surface area contributed by atoms with Gasteiger partial charge in [-0.25, -0.2) is 0 Å². The normalized spacial score (nSPS) is 11.0. The van der Waals surface area contributed by atoms with Crippen molar-refractivity contribution in [2.45, 2.75) is 6.18 Å². The number of ether oxygens (including phenoxy) is 2. The summed E-state index contributed by atoms with van der Waals surface area (Å²) in [6.07, 6.45) is -3.03. The van der Waals surface area contributed by atoms with Crippen LogP contribution >= 0.6 is 0 Å². The summed E-state index contributed by atoms with van der Waals surface area (Å²) in [6, 6.07) is 9.75. The Morgan fingerprint density at radius 2 is 1.68 bits per heavy atom. The summed E-state index contributed by atoms with van der Waals surface area (Å²) in [6.45, 7) is 0. The lowest BCUT2D eigenvalue weighted by atomic mass is 10.2. The fraction of sp³-hybridized carbons (Fsp3) is 0.167. The Kier molecular flexibility index (Phi) is 5.48. The van der Waals surface area contributed by atoms with Crippen molar-refractivity contribution in [3.05, 3.63) is 54.2 Å². The molecule has 0 saturated heterocycles. The summed E-state index contributed by atoms with van der Waals surface area (Å²) in [5, 5.41) is 13.6. The van der Waals surface area contributed by atoms with Gasteiger partial charge in [-0.1, -0.05) is 0 Å². The van der Waals surface area contributed by atoms with Crippen molar-refractivity contribution in [2.75, 3.05) is 24.9 Å². The van der Waals surface area contributed by atoms with Crippen LogP contribution in [0.4, 0.5) is 36.3 Å². The van der Waals surface area contributed by atoms with Gasteiger partial charge in [-0.05, 0) is 36.4 Å². The molecule has 0 aliphatic heterocycles. The van der Waals surface area contributed by atoms with Gasteiger partial charge >= 0.3 is 6.18 Å². The lowest BCUT2D eigenvalue weighted by Gasteiger charge is -2.12. The van der Waals surface area contributed by atoms with Gasteiger partial charge in [0.25, 0.3) is 0 Å². The van der Waals surface area contributed by atoms with Gasteiger partial charge in [0.2, 0.25) is 5.95 Å². The first-order valence-corrected chi connectivity index (χ1v) is 8.02. The van der Waals surface area contributed by atoms with Gasteiger partial charge in [0.05, 0.1) is 31.7 Å². The summed E-state index contributed by atoms with van der Waals surface area (Å²) >= 11 is 0. The quantitative estimate of drug-likeness (QED) is 0.645. The van der Waals surface area contributed by atoms with Crippen LogP contribution in [-0.4, -0.2) is 29.4 Å². The average molecular weight is 391 g/mol. The lowest BCUT2D eigenvalue weighted by Crippen LogP contribution is -2.05. The molecule has 0 bridgehead atoms. The largest absolute Gasteiger partial charge is 0.497 e. The van der Waals surface area contributed by atoms with Gasteiger partial charge in [0.1, 0.15) is 11.5 Å². The number of halogens is 3. The molecule has 0 saturated carbocycles. The minimum Gasteiger partial charge on any atom is -0.497 e. The van der Waals surface area contributed by atoms with Gasteiger partial charge in [-0.15, -0.1) is 5.10 Å². The first-order chi connectivity index (χ1) is 13.4. The van der Waals surface area contributed by atoms with Crippen LogP contribution in [0, 0.1) is 0 Å².